The molecular formula is C24H21FN4O3. The lowest BCUT2D eigenvalue weighted by Crippen LogP contribution is -2.14. The Morgan fingerprint density at radius 3 is 2.69 bits per heavy atom. The third-order valence-corrected chi connectivity index (χ3v) is 4.77. The Hall–Kier alpha value is -4.20. The Morgan fingerprint density at radius 2 is 1.91 bits per heavy atom. The molecule has 0 bridgehead atoms. The fraction of sp³-hybridized carbons (Fsp3) is 0.125. The minimum absolute atomic E-state index is 0.0121. The summed E-state index contributed by atoms with van der Waals surface area (Å²) in [5.41, 5.74) is 3.28. The van der Waals surface area contributed by atoms with Gasteiger partial charge in [0.2, 0.25) is 5.91 Å². The van der Waals surface area contributed by atoms with Crippen LogP contribution in [-0.2, 0) is 11.4 Å². The molecule has 0 aliphatic rings. The van der Waals surface area contributed by atoms with Gasteiger partial charge >= 0.3 is 0 Å². The van der Waals surface area contributed by atoms with Gasteiger partial charge in [-0.15, -0.1) is 0 Å². The number of ether oxygens (including phenoxy) is 1. The maximum absolute atomic E-state index is 13.9. The van der Waals surface area contributed by atoms with Crippen LogP contribution in [-0.4, -0.2) is 21.2 Å². The molecule has 4 aromatic rings. The number of aromatic nitrogens is 2. The van der Waals surface area contributed by atoms with Crippen molar-refractivity contribution in [2.75, 3.05) is 10.6 Å². The number of carbonyl (C=O) groups is 2. The molecular weight excluding hydrogens is 411 g/mol. The minimum atomic E-state index is -0.593. The van der Waals surface area contributed by atoms with Gasteiger partial charge in [-0.2, -0.15) is 0 Å². The molecule has 4 rings (SSSR count). The first kappa shape index (κ1) is 21.0. The third kappa shape index (κ3) is 4.59. The smallest absolute Gasteiger partial charge is 0.259 e. The fourth-order valence-electron chi connectivity index (χ4n) is 3.29. The van der Waals surface area contributed by atoms with Crippen molar-refractivity contribution in [3.8, 4) is 5.75 Å². The van der Waals surface area contributed by atoms with E-state index in [9.17, 15) is 14.0 Å². The van der Waals surface area contributed by atoms with Crippen molar-refractivity contribution < 1.29 is 18.7 Å². The Labute approximate surface area is 183 Å². The molecule has 32 heavy (non-hydrogen) atoms. The number of anilines is 2. The van der Waals surface area contributed by atoms with E-state index in [1.165, 1.54) is 25.1 Å². The van der Waals surface area contributed by atoms with E-state index in [2.05, 4.69) is 15.6 Å². The summed E-state index contributed by atoms with van der Waals surface area (Å²) in [6, 6.07) is 14.7. The predicted octanol–water partition coefficient (Wildman–Crippen LogP) is 4.57. The molecule has 2 aromatic heterocycles. The van der Waals surface area contributed by atoms with Crippen molar-refractivity contribution >= 4 is 28.8 Å². The molecule has 7 nitrogen and oxygen atoms in total. The number of rotatable bonds is 6. The van der Waals surface area contributed by atoms with E-state index in [0.717, 1.165) is 16.9 Å². The normalized spacial score (nSPS) is 10.7. The summed E-state index contributed by atoms with van der Waals surface area (Å²) < 4.78 is 21.7. The zero-order chi connectivity index (χ0) is 22.7. The van der Waals surface area contributed by atoms with E-state index in [-0.39, 0.29) is 12.3 Å². The summed E-state index contributed by atoms with van der Waals surface area (Å²) in [7, 11) is 0. The molecule has 162 valence electrons. The molecule has 2 heterocycles. The average Bonchev–Trinajstić information content (AvgIpc) is 3.19. The number of halogens is 1. The molecule has 0 saturated carbocycles. The molecule has 2 aromatic carbocycles. The standard InChI is InChI=1S/C24H21FN4O3/c1-15-6-5-11-29-13-18(27-23(15)29)14-32-22-8-4-3-7-19(22)24(31)28-17-9-10-20(25)21(12-17)26-16(2)30/h3-13H,14H2,1-2H3,(H,26,30)(H,28,31). The molecule has 0 aliphatic heterocycles. The van der Waals surface area contributed by atoms with Gasteiger partial charge in [0.1, 0.15) is 23.8 Å². The van der Waals surface area contributed by atoms with Crippen LogP contribution in [0.3, 0.4) is 0 Å². The predicted molar refractivity (Wildman–Crippen MR) is 119 cm³/mol. The second-order valence-corrected chi connectivity index (χ2v) is 7.27. The van der Waals surface area contributed by atoms with Gasteiger partial charge in [0.25, 0.3) is 5.91 Å². The van der Waals surface area contributed by atoms with Crippen molar-refractivity contribution in [1.82, 2.24) is 9.38 Å². The van der Waals surface area contributed by atoms with Gasteiger partial charge in [0, 0.05) is 25.0 Å². The van der Waals surface area contributed by atoms with E-state index >= 15 is 0 Å². The first-order valence-electron chi connectivity index (χ1n) is 9.94. The lowest BCUT2D eigenvalue weighted by molar-refractivity contribution is -0.114. The van der Waals surface area contributed by atoms with Crippen molar-refractivity contribution in [2.45, 2.75) is 20.5 Å². The zero-order valence-electron chi connectivity index (χ0n) is 17.6. The lowest BCUT2D eigenvalue weighted by Gasteiger charge is -2.12. The molecule has 0 unspecified atom stereocenters. The number of imidazole rings is 1. The highest BCUT2D eigenvalue weighted by Crippen LogP contribution is 2.24. The van der Waals surface area contributed by atoms with Gasteiger partial charge in [0.15, 0.2) is 0 Å². The van der Waals surface area contributed by atoms with Crippen LogP contribution in [0.15, 0.2) is 67.0 Å². The van der Waals surface area contributed by atoms with Crippen LogP contribution in [0.1, 0.15) is 28.5 Å². The fourth-order valence-corrected chi connectivity index (χ4v) is 3.29. The van der Waals surface area contributed by atoms with E-state index in [1.807, 2.05) is 35.9 Å². The number of hydrogen-bond donors (Lipinski definition) is 2. The summed E-state index contributed by atoms with van der Waals surface area (Å²) in [5.74, 6) is -1.03. The van der Waals surface area contributed by atoms with Gasteiger partial charge < -0.3 is 19.8 Å². The molecule has 0 saturated heterocycles. The lowest BCUT2D eigenvalue weighted by atomic mass is 10.1. The maximum atomic E-state index is 13.9. The van der Waals surface area contributed by atoms with Gasteiger partial charge in [-0.1, -0.05) is 18.2 Å². The van der Waals surface area contributed by atoms with Gasteiger partial charge in [-0.3, -0.25) is 9.59 Å². The number of para-hydroxylation sites is 1. The molecule has 0 fully saturated rings. The van der Waals surface area contributed by atoms with Crippen LogP contribution < -0.4 is 15.4 Å². The maximum Gasteiger partial charge on any atom is 0.259 e. The summed E-state index contributed by atoms with van der Waals surface area (Å²) in [6.07, 6.45) is 3.80. The number of nitrogens with one attached hydrogen (secondary N) is 2. The highest BCUT2D eigenvalue weighted by molar-refractivity contribution is 6.06. The van der Waals surface area contributed by atoms with Crippen LogP contribution in [0.2, 0.25) is 0 Å². The second-order valence-electron chi connectivity index (χ2n) is 7.27. The van der Waals surface area contributed by atoms with Crippen LogP contribution in [0.5, 0.6) is 5.75 Å². The van der Waals surface area contributed by atoms with Gasteiger partial charge in [-0.05, 0) is 48.9 Å². The number of amides is 2. The molecule has 2 N–H and O–H groups in total. The number of nitrogens with zero attached hydrogens (tertiary/aromatic N) is 2. The Kier molecular flexibility index (Phi) is 5.85. The van der Waals surface area contributed by atoms with Crippen LogP contribution in [0.4, 0.5) is 15.8 Å². The quantitative estimate of drug-likeness (QED) is 0.467. The molecule has 0 spiro atoms. The minimum Gasteiger partial charge on any atom is -0.486 e. The van der Waals surface area contributed by atoms with E-state index < -0.39 is 17.6 Å². The number of pyridine rings is 1. The van der Waals surface area contributed by atoms with E-state index in [1.54, 1.807) is 24.3 Å². The number of benzene rings is 2. The molecule has 0 radical (unpaired) electrons. The highest BCUT2D eigenvalue weighted by Gasteiger charge is 2.15. The molecule has 8 heteroatoms. The van der Waals surface area contributed by atoms with Crippen LogP contribution >= 0.6 is 0 Å². The third-order valence-electron chi connectivity index (χ3n) is 4.77. The van der Waals surface area contributed by atoms with Crippen molar-refractivity contribution in [2.24, 2.45) is 0 Å². The van der Waals surface area contributed by atoms with Crippen molar-refractivity contribution in [3.63, 3.8) is 0 Å². The van der Waals surface area contributed by atoms with Crippen LogP contribution in [0, 0.1) is 12.7 Å². The topological polar surface area (TPSA) is 84.7 Å². The largest absolute Gasteiger partial charge is 0.486 e. The first-order chi connectivity index (χ1) is 15.4. The van der Waals surface area contributed by atoms with Gasteiger partial charge in [-0.25, -0.2) is 9.37 Å². The second kappa shape index (κ2) is 8.89. The van der Waals surface area contributed by atoms with Crippen molar-refractivity contribution in [1.29, 1.82) is 0 Å². The summed E-state index contributed by atoms with van der Waals surface area (Å²) in [6.45, 7) is 3.46. The molecule has 0 atom stereocenters. The number of fused-ring (bicyclic) bond motifs is 1. The van der Waals surface area contributed by atoms with Gasteiger partial charge in [0.05, 0.1) is 16.9 Å². The first-order valence-corrected chi connectivity index (χ1v) is 9.94. The number of aryl methyl sites for hydroxylation is 1. The number of hydrogen-bond acceptors (Lipinski definition) is 4. The zero-order valence-corrected chi connectivity index (χ0v) is 17.6. The van der Waals surface area contributed by atoms with E-state index in [0.29, 0.717) is 17.0 Å². The average molecular weight is 432 g/mol. The monoisotopic (exact) mass is 432 g/mol. The summed E-state index contributed by atoms with van der Waals surface area (Å²) in [5, 5.41) is 5.10. The Morgan fingerprint density at radius 1 is 1.09 bits per heavy atom. The molecule has 0 aliphatic carbocycles. The number of carbonyl (C=O) groups excluding carboxylic acids is 2. The Bertz CT molecular complexity index is 1320. The SMILES string of the molecule is CC(=O)Nc1cc(NC(=O)c2ccccc2OCc2cn3cccc(C)c3n2)ccc1F. The summed E-state index contributed by atoms with van der Waals surface area (Å²) >= 11 is 0. The molecule has 2 amide bonds. The van der Waals surface area contributed by atoms with Crippen LogP contribution in [0.25, 0.3) is 5.65 Å². The van der Waals surface area contributed by atoms with Crippen molar-refractivity contribution in [3.05, 3.63) is 89.6 Å². The van der Waals surface area contributed by atoms with E-state index in [4.69, 9.17) is 4.74 Å². The Balaban J connectivity index is 1.50. The summed E-state index contributed by atoms with van der Waals surface area (Å²) in [4.78, 5) is 28.7. The highest BCUT2D eigenvalue weighted by atomic mass is 19.1.